The minimum absolute atomic E-state index is 0.523. The van der Waals surface area contributed by atoms with Gasteiger partial charge in [-0.3, -0.25) is 0 Å². The van der Waals surface area contributed by atoms with Crippen molar-refractivity contribution >= 4 is 35.0 Å². The molecule has 5 heteroatoms. The van der Waals surface area contributed by atoms with E-state index in [1.165, 1.54) is 0 Å². The molecule has 20 heavy (non-hydrogen) atoms. The van der Waals surface area contributed by atoms with Gasteiger partial charge in [-0.15, -0.1) is 11.8 Å². The number of rotatable bonds is 6. The molecular formula is C15H15Cl2NOS. The van der Waals surface area contributed by atoms with E-state index in [2.05, 4.69) is 0 Å². The molecule has 2 rings (SSSR count). The first-order valence-corrected chi connectivity index (χ1v) is 7.93. The van der Waals surface area contributed by atoms with Crippen molar-refractivity contribution in [2.45, 2.75) is 11.4 Å². The zero-order valence-electron chi connectivity index (χ0n) is 10.8. The second-order valence-corrected chi connectivity index (χ2v) is 6.11. The number of hydrogen-bond acceptors (Lipinski definition) is 3. The third-order valence-corrected chi connectivity index (χ3v) is 4.34. The van der Waals surface area contributed by atoms with Crippen molar-refractivity contribution in [3.63, 3.8) is 0 Å². The standard InChI is InChI=1S/C15H15Cl2NOS/c16-14-5-4-13(9-15(14)17)20-7-6-19-12-3-1-2-11(8-12)10-18/h1-5,8-9H,6-7,10,18H2. The van der Waals surface area contributed by atoms with Crippen LogP contribution in [0, 0.1) is 0 Å². The van der Waals surface area contributed by atoms with Gasteiger partial charge in [-0.25, -0.2) is 0 Å². The summed E-state index contributed by atoms with van der Waals surface area (Å²) in [4.78, 5) is 1.08. The van der Waals surface area contributed by atoms with Crippen LogP contribution in [0.5, 0.6) is 5.75 Å². The second-order valence-electron chi connectivity index (χ2n) is 4.12. The van der Waals surface area contributed by atoms with E-state index >= 15 is 0 Å². The molecular weight excluding hydrogens is 313 g/mol. The molecule has 0 spiro atoms. The predicted octanol–water partition coefficient (Wildman–Crippen LogP) is 4.62. The van der Waals surface area contributed by atoms with Crippen molar-refractivity contribution < 1.29 is 4.74 Å². The first kappa shape index (κ1) is 15.5. The van der Waals surface area contributed by atoms with Gasteiger partial charge in [-0.1, -0.05) is 35.3 Å². The molecule has 106 valence electrons. The van der Waals surface area contributed by atoms with Crippen molar-refractivity contribution in [3.8, 4) is 5.75 Å². The minimum atomic E-state index is 0.523. The van der Waals surface area contributed by atoms with Crippen LogP contribution in [0.25, 0.3) is 0 Å². The Balaban J connectivity index is 1.79. The maximum atomic E-state index is 5.97. The van der Waals surface area contributed by atoms with Crippen LogP contribution in [0.2, 0.25) is 10.0 Å². The fourth-order valence-electron chi connectivity index (χ4n) is 1.65. The molecule has 2 N–H and O–H groups in total. The van der Waals surface area contributed by atoms with Crippen LogP contribution in [0.15, 0.2) is 47.4 Å². The van der Waals surface area contributed by atoms with Crippen molar-refractivity contribution in [1.29, 1.82) is 0 Å². The van der Waals surface area contributed by atoms with E-state index < -0.39 is 0 Å². The Morgan fingerprint density at radius 1 is 1.05 bits per heavy atom. The van der Waals surface area contributed by atoms with Gasteiger partial charge >= 0.3 is 0 Å². The smallest absolute Gasteiger partial charge is 0.119 e. The lowest BCUT2D eigenvalue weighted by Crippen LogP contribution is -2.01. The van der Waals surface area contributed by atoms with Crippen LogP contribution in [-0.4, -0.2) is 12.4 Å². The molecule has 2 aromatic carbocycles. The van der Waals surface area contributed by atoms with Crippen LogP contribution in [0.4, 0.5) is 0 Å². The van der Waals surface area contributed by atoms with Crippen LogP contribution < -0.4 is 10.5 Å². The Morgan fingerprint density at radius 2 is 1.90 bits per heavy atom. The van der Waals surface area contributed by atoms with Crippen molar-refractivity contribution in [3.05, 3.63) is 58.1 Å². The maximum Gasteiger partial charge on any atom is 0.119 e. The zero-order chi connectivity index (χ0) is 14.4. The van der Waals surface area contributed by atoms with Gasteiger partial charge in [-0.05, 0) is 35.9 Å². The summed E-state index contributed by atoms with van der Waals surface area (Å²) in [6, 6.07) is 13.4. The summed E-state index contributed by atoms with van der Waals surface area (Å²) in [7, 11) is 0. The van der Waals surface area contributed by atoms with Crippen molar-refractivity contribution in [2.24, 2.45) is 5.73 Å². The fourth-order valence-corrected chi connectivity index (χ4v) is 2.78. The molecule has 0 aliphatic heterocycles. The van der Waals surface area contributed by atoms with E-state index in [-0.39, 0.29) is 0 Å². The monoisotopic (exact) mass is 327 g/mol. The van der Waals surface area contributed by atoms with Gasteiger partial charge in [0.2, 0.25) is 0 Å². The molecule has 0 aromatic heterocycles. The third-order valence-electron chi connectivity index (χ3n) is 2.65. The van der Waals surface area contributed by atoms with Gasteiger partial charge in [0.25, 0.3) is 0 Å². The maximum absolute atomic E-state index is 5.97. The summed E-state index contributed by atoms with van der Waals surface area (Å²) in [6.45, 7) is 1.15. The van der Waals surface area contributed by atoms with E-state index in [1.807, 2.05) is 36.4 Å². The second kappa shape index (κ2) is 7.79. The molecule has 0 radical (unpaired) electrons. The summed E-state index contributed by atoms with van der Waals surface area (Å²) in [5, 5.41) is 1.15. The number of nitrogens with two attached hydrogens (primary N) is 1. The van der Waals surface area contributed by atoms with Crippen LogP contribution in [0.3, 0.4) is 0 Å². The lowest BCUT2D eigenvalue weighted by molar-refractivity contribution is 0.343. The van der Waals surface area contributed by atoms with E-state index in [4.69, 9.17) is 33.7 Å². The SMILES string of the molecule is NCc1cccc(OCCSc2ccc(Cl)c(Cl)c2)c1. The Bertz CT molecular complexity index is 578. The molecule has 0 atom stereocenters. The highest BCUT2D eigenvalue weighted by Gasteiger charge is 2.01. The Kier molecular flexibility index (Phi) is 6.05. The van der Waals surface area contributed by atoms with Crippen LogP contribution in [-0.2, 0) is 6.54 Å². The summed E-state index contributed by atoms with van der Waals surface area (Å²) in [5.74, 6) is 1.69. The minimum Gasteiger partial charge on any atom is -0.493 e. The van der Waals surface area contributed by atoms with Crippen molar-refractivity contribution in [2.75, 3.05) is 12.4 Å². The zero-order valence-corrected chi connectivity index (χ0v) is 13.1. The number of thioether (sulfide) groups is 1. The van der Waals surface area contributed by atoms with E-state index in [1.54, 1.807) is 17.8 Å². The van der Waals surface area contributed by atoms with Crippen molar-refractivity contribution in [1.82, 2.24) is 0 Å². The molecule has 0 bridgehead atoms. The molecule has 0 aliphatic rings. The third kappa shape index (κ3) is 4.60. The molecule has 0 amide bonds. The average molecular weight is 328 g/mol. The van der Waals surface area contributed by atoms with E-state index in [0.717, 1.165) is 22.0 Å². The number of hydrogen-bond donors (Lipinski definition) is 1. The Morgan fingerprint density at radius 3 is 2.65 bits per heavy atom. The Labute approximate surface area is 133 Å². The van der Waals surface area contributed by atoms with E-state index in [0.29, 0.717) is 23.2 Å². The summed E-state index contributed by atoms with van der Waals surface area (Å²) in [5.41, 5.74) is 6.66. The molecule has 0 heterocycles. The van der Waals surface area contributed by atoms with Gasteiger partial charge in [-0.2, -0.15) is 0 Å². The largest absolute Gasteiger partial charge is 0.493 e. The molecule has 2 nitrogen and oxygen atoms in total. The van der Waals surface area contributed by atoms with Gasteiger partial charge in [0.05, 0.1) is 16.7 Å². The molecule has 0 unspecified atom stereocenters. The van der Waals surface area contributed by atoms with Gasteiger partial charge < -0.3 is 10.5 Å². The normalized spacial score (nSPS) is 10.6. The molecule has 0 saturated carbocycles. The molecule has 0 fully saturated rings. The molecule has 0 aliphatic carbocycles. The fraction of sp³-hybridized carbons (Fsp3) is 0.200. The van der Waals surface area contributed by atoms with Gasteiger partial charge in [0.1, 0.15) is 5.75 Å². The highest BCUT2D eigenvalue weighted by molar-refractivity contribution is 7.99. The number of benzene rings is 2. The highest BCUT2D eigenvalue weighted by Crippen LogP contribution is 2.27. The Hall–Kier alpha value is -0.870. The lowest BCUT2D eigenvalue weighted by atomic mass is 10.2. The summed E-state index contributed by atoms with van der Waals surface area (Å²) in [6.07, 6.45) is 0. The number of ether oxygens (including phenoxy) is 1. The van der Waals surface area contributed by atoms with Crippen LogP contribution in [0.1, 0.15) is 5.56 Å². The first-order valence-electron chi connectivity index (χ1n) is 6.18. The van der Waals surface area contributed by atoms with E-state index in [9.17, 15) is 0 Å². The summed E-state index contributed by atoms with van der Waals surface area (Å²) < 4.78 is 5.69. The number of halogens is 2. The summed E-state index contributed by atoms with van der Waals surface area (Å²) >= 11 is 13.5. The average Bonchev–Trinajstić information content (AvgIpc) is 2.47. The predicted molar refractivity (Wildman–Crippen MR) is 87.0 cm³/mol. The highest BCUT2D eigenvalue weighted by atomic mass is 35.5. The molecule has 0 saturated heterocycles. The topological polar surface area (TPSA) is 35.2 Å². The van der Waals surface area contributed by atoms with Gasteiger partial charge in [0, 0.05) is 17.2 Å². The van der Waals surface area contributed by atoms with Gasteiger partial charge in [0.15, 0.2) is 0 Å². The first-order chi connectivity index (χ1) is 9.69. The molecule has 2 aromatic rings. The quantitative estimate of drug-likeness (QED) is 0.620. The lowest BCUT2D eigenvalue weighted by Gasteiger charge is -2.07. The van der Waals surface area contributed by atoms with Crippen LogP contribution >= 0.6 is 35.0 Å².